The van der Waals surface area contributed by atoms with E-state index in [2.05, 4.69) is 13.2 Å². The molecule has 0 rings (SSSR count). The lowest BCUT2D eigenvalue weighted by Gasteiger charge is -2.18. The van der Waals surface area contributed by atoms with Crippen LogP contribution in [0.2, 0.25) is 0 Å². The van der Waals surface area contributed by atoms with E-state index in [-0.39, 0.29) is 13.2 Å². The molecule has 0 unspecified atom stereocenters. The monoisotopic (exact) mass is 220 g/mol. The quantitative estimate of drug-likeness (QED) is 0.466. The molecule has 0 heterocycles. The first-order chi connectivity index (χ1) is 6.61. The van der Waals surface area contributed by atoms with Crippen LogP contribution < -0.4 is 0 Å². The van der Waals surface area contributed by atoms with E-state index in [0.717, 1.165) is 0 Å². The smallest absolute Gasteiger partial charge is 0.287 e. The third-order valence-corrected chi connectivity index (χ3v) is 2.94. The van der Waals surface area contributed by atoms with Crippen molar-refractivity contribution in [3.05, 3.63) is 25.3 Å². The van der Waals surface area contributed by atoms with Crippen LogP contribution in [0, 0.1) is 0 Å². The van der Waals surface area contributed by atoms with Crippen LogP contribution in [0.1, 0.15) is 13.8 Å². The fraction of sp³-hybridized carbons (Fsp3) is 0.556. The van der Waals surface area contributed by atoms with Crippen LogP contribution in [0.15, 0.2) is 25.3 Å². The molecule has 0 fully saturated rings. The molecule has 4 nitrogen and oxygen atoms in total. The summed E-state index contributed by atoms with van der Waals surface area (Å²) in [6.07, 6.45) is 2.41. The van der Waals surface area contributed by atoms with Crippen LogP contribution in [0.3, 0.4) is 0 Å². The third-order valence-electron chi connectivity index (χ3n) is 1.29. The number of phosphoric acid groups is 1. The minimum Gasteiger partial charge on any atom is -0.287 e. The van der Waals surface area contributed by atoms with Crippen LogP contribution >= 0.6 is 7.82 Å². The molecule has 0 aliphatic rings. The topological polar surface area (TPSA) is 44.8 Å². The van der Waals surface area contributed by atoms with Gasteiger partial charge in [0.05, 0.1) is 13.2 Å². The standard InChI is InChI=1S/C9H17O4P/c1-5-9(6-2)13-14(10,11-7-3)12-8-4/h5-6,9H,1-2,7-8H2,3-4H3. The molecule has 0 aromatic heterocycles. The minimum absolute atomic E-state index is 0.262. The van der Waals surface area contributed by atoms with Gasteiger partial charge in [-0.05, 0) is 13.8 Å². The highest BCUT2D eigenvalue weighted by Gasteiger charge is 2.27. The number of hydrogen-bond acceptors (Lipinski definition) is 4. The molecular formula is C9H17O4P. The van der Waals surface area contributed by atoms with Crippen molar-refractivity contribution in [1.82, 2.24) is 0 Å². The molecule has 0 radical (unpaired) electrons. The highest BCUT2D eigenvalue weighted by molar-refractivity contribution is 7.48. The normalized spacial score (nSPS) is 11.6. The number of phosphoric ester groups is 1. The zero-order valence-corrected chi connectivity index (χ0v) is 9.54. The van der Waals surface area contributed by atoms with Gasteiger partial charge in [-0.3, -0.25) is 13.6 Å². The lowest BCUT2D eigenvalue weighted by atomic mass is 10.4. The Hall–Kier alpha value is -0.410. The molecule has 82 valence electrons. The van der Waals surface area contributed by atoms with Crippen molar-refractivity contribution < 1.29 is 18.1 Å². The van der Waals surface area contributed by atoms with Crippen molar-refractivity contribution in [1.29, 1.82) is 0 Å². The fourth-order valence-corrected chi connectivity index (χ4v) is 2.04. The van der Waals surface area contributed by atoms with Crippen LogP contribution in [0.25, 0.3) is 0 Å². The first-order valence-electron chi connectivity index (χ1n) is 4.44. The maximum atomic E-state index is 11.8. The molecule has 0 bridgehead atoms. The second-order valence-electron chi connectivity index (χ2n) is 2.32. The Kier molecular flexibility index (Phi) is 6.75. The van der Waals surface area contributed by atoms with Crippen molar-refractivity contribution in [3.8, 4) is 0 Å². The molecule has 0 N–H and O–H groups in total. The molecule has 0 saturated heterocycles. The van der Waals surface area contributed by atoms with Crippen LogP contribution in [-0.2, 0) is 18.1 Å². The van der Waals surface area contributed by atoms with Crippen molar-refractivity contribution in [2.45, 2.75) is 20.0 Å². The van der Waals surface area contributed by atoms with E-state index in [1.165, 1.54) is 12.2 Å². The third kappa shape index (κ3) is 4.72. The van der Waals surface area contributed by atoms with Gasteiger partial charge in [0, 0.05) is 0 Å². The van der Waals surface area contributed by atoms with Gasteiger partial charge in [-0.2, -0.15) is 0 Å². The molecule has 0 saturated carbocycles. The molecule has 0 atom stereocenters. The Morgan fingerprint density at radius 1 is 1.21 bits per heavy atom. The Bertz CT molecular complexity index is 209. The van der Waals surface area contributed by atoms with Gasteiger partial charge in [0.2, 0.25) is 0 Å². The van der Waals surface area contributed by atoms with Crippen molar-refractivity contribution >= 4 is 7.82 Å². The zero-order valence-electron chi connectivity index (χ0n) is 8.64. The minimum atomic E-state index is -3.45. The largest absolute Gasteiger partial charge is 0.475 e. The first-order valence-corrected chi connectivity index (χ1v) is 5.90. The second kappa shape index (κ2) is 6.96. The molecular weight excluding hydrogens is 203 g/mol. The SMILES string of the molecule is C=CC(C=C)OP(=O)(OCC)OCC. The molecule has 0 amide bonds. The van der Waals surface area contributed by atoms with E-state index < -0.39 is 13.9 Å². The summed E-state index contributed by atoms with van der Waals surface area (Å²) in [5, 5.41) is 0. The summed E-state index contributed by atoms with van der Waals surface area (Å²) in [5.41, 5.74) is 0. The van der Waals surface area contributed by atoms with E-state index in [9.17, 15) is 4.57 Å². The highest BCUT2D eigenvalue weighted by atomic mass is 31.2. The average Bonchev–Trinajstić information content (AvgIpc) is 2.15. The molecule has 0 aromatic carbocycles. The summed E-state index contributed by atoms with van der Waals surface area (Å²) in [5.74, 6) is 0. The molecule has 14 heavy (non-hydrogen) atoms. The fourth-order valence-electron chi connectivity index (χ4n) is 0.746. The van der Waals surface area contributed by atoms with Gasteiger partial charge in [-0.1, -0.05) is 12.2 Å². The van der Waals surface area contributed by atoms with E-state index in [1.54, 1.807) is 13.8 Å². The van der Waals surface area contributed by atoms with Gasteiger partial charge in [-0.25, -0.2) is 4.57 Å². The van der Waals surface area contributed by atoms with Crippen LogP contribution in [-0.4, -0.2) is 19.3 Å². The van der Waals surface area contributed by atoms with E-state index in [1.807, 2.05) is 0 Å². The number of hydrogen-bond donors (Lipinski definition) is 0. The predicted octanol–water partition coefficient (Wildman–Crippen LogP) is 2.92. The Labute approximate surface area is 85.2 Å². The van der Waals surface area contributed by atoms with Gasteiger partial charge in [-0.15, -0.1) is 13.2 Å². The summed E-state index contributed by atoms with van der Waals surface area (Å²) in [6, 6.07) is 0. The molecule has 0 aromatic rings. The Morgan fingerprint density at radius 2 is 1.64 bits per heavy atom. The van der Waals surface area contributed by atoms with Gasteiger partial charge < -0.3 is 0 Å². The highest BCUT2D eigenvalue weighted by Crippen LogP contribution is 2.50. The molecule has 0 aliphatic carbocycles. The van der Waals surface area contributed by atoms with E-state index in [0.29, 0.717) is 0 Å². The van der Waals surface area contributed by atoms with Gasteiger partial charge in [0.15, 0.2) is 0 Å². The number of rotatable bonds is 8. The van der Waals surface area contributed by atoms with E-state index in [4.69, 9.17) is 13.6 Å². The second-order valence-corrected chi connectivity index (χ2v) is 3.95. The summed E-state index contributed by atoms with van der Waals surface area (Å²) in [4.78, 5) is 0. The maximum Gasteiger partial charge on any atom is 0.475 e. The molecule has 0 spiro atoms. The van der Waals surface area contributed by atoms with E-state index >= 15 is 0 Å². The van der Waals surface area contributed by atoms with Crippen LogP contribution in [0.4, 0.5) is 0 Å². The summed E-state index contributed by atoms with van der Waals surface area (Å²) < 4.78 is 26.7. The molecule has 0 aliphatic heterocycles. The molecule has 5 heteroatoms. The average molecular weight is 220 g/mol. The zero-order chi connectivity index (χ0) is 11.0. The van der Waals surface area contributed by atoms with Crippen molar-refractivity contribution in [2.24, 2.45) is 0 Å². The van der Waals surface area contributed by atoms with Crippen molar-refractivity contribution in [3.63, 3.8) is 0 Å². The van der Waals surface area contributed by atoms with Gasteiger partial charge >= 0.3 is 7.82 Å². The van der Waals surface area contributed by atoms with Gasteiger partial charge in [0.1, 0.15) is 6.10 Å². The predicted molar refractivity (Wildman–Crippen MR) is 56.1 cm³/mol. The Morgan fingerprint density at radius 3 is 1.93 bits per heavy atom. The lowest BCUT2D eigenvalue weighted by Crippen LogP contribution is -2.08. The first kappa shape index (κ1) is 13.6. The lowest BCUT2D eigenvalue weighted by molar-refractivity contribution is 0.114. The summed E-state index contributed by atoms with van der Waals surface area (Å²) in [6.45, 7) is 11.0. The van der Waals surface area contributed by atoms with Gasteiger partial charge in [0.25, 0.3) is 0 Å². The van der Waals surface area contributed by atoms with Crippen LogP contribution in [0.5, 0.6) is 0 Å². The maximum absolute atomic E-state index is 11.8. The van der Waals surface area contributed by atoms with Crippen molar-refractivity contribution in [2.75, 3.05) is 13.2 Å². The summed E-state index contributed by atoms with van der Waals surface area (Å²) >= 11 is 0. The summed E-state index contributed by atoms with van der Waals surface area (Å²) in [7, 11) is -3.45. The Balaban J connectivity index is 4.40.